The van der Waals surface area contributed by atoms with Gasteiger partial charge < -0.3 is 10.6 Å². The van der Waals surface area contributed by atoms with E-state index in [1.807, 2.05) is 42.5 Å². The van der Waals surface area contributed by atoms with E-state index in [4.69, 9.17) is 22.4 Å². The van der Waals surface area contributed by atoms with Gasteiger partial charge in [-0.25, -0.2) is 14.6 Å². The molecule has 4 aromatic rings. The molecule has 0 atom stereocenters. The van der Waals surface area contributed by atoms with Gasteiger partial charge in [-0.3, -0.25) is 9.69 Å². The van der Waals surface area contributed by atoms with E-state index in [-0.39, 0.29) is 5.91 Å². The van der Waals surface area contributed by atoms with Crippen molar-refractivity contribution in [3.8, 4) is 16.9 Å². The molecule has 2 aromatic carbocycles. The number of nitrogens with two attached hydrogens (primary N) is 1. The molecule has 9 heteroatoms. The Morgan fingerprint density at radius 1 is 1.17 bits per heavy atom. The van der Waals surface area contributed by atoms with Gasteiger partial charge in [0.05, 0.1) is 11.1 Å². The highest BCUT2D eigenvalue weighted by molar-refractivity contribution is 6.30. The lowest BCUT2D eigenvalue weighted by atomic mass is 10.1. The molecule has 1 fully saturated rings. The number of nitrogen functional groups attached to an aromatic ring is 1. The van der Waals surface area contributed by atoms with Gasteiger partial charge in [-0.1, -0.05) is 35.9 Å². The van der Waals surface area contributed by atoms with E-state index in [1.165, 1.54) is 19.2 Å². The van der Waals surface area contributed by atoms with Crippen molar-refractivity contribution >= 4 is 40.0 Å². The van der Waals surface area contributed by atoms with Crippen molar-refractivity contribution in [3.63, 3.8) is 0 Å². The molecule has 2 N–H and O–H groups in total. The van der Waals surface area contributed by atoms with Gasteiger partial charge in [-0.15, -0.1) is 0 Å². The van der Waals surface area contributed by atoms with Crippen LogP contribution in [0.4, 0.5) is 11.5 Å². The number of aromatic nitrogens is 4. The van der Waals surface area contributed by atoms with Crippen LogP contribution in [0.15, 0.2) is 67.0 Å². The Morgan fingerprint density at radius 2 is 1.94 bits per heavy atom. The SMILES string of the molecule is CN(C(=O)/C=C/CN(C)C1CC1)c1cccc(-n2nc(-c3ccc(Cl)cc3)c3c(N)ncnc32)c1. The number of nitrogens with zero attached hydrogens (tertiary/aromatic N) is 6. The fourth-order valence-electron chi connectivity index (χ4n) is 4.02. The summed E-state index contributed by atoms with van der Waals surface area (Å²) in [6, 6.07) is 15.6. The highest BCUT2D eigenvalue weighted by atomic mass is 35.5. The first-order valence-corrected chi connectivity index (χ1v) is 11.8. The summed E-state index contributed by atoms with van der Waals surface area (Å²) in [5.41, 5.74) is 9.82. The molecular weight excluding hydrogens is 462 g/mol. The van der Waals surface area contributed by atoms with E-state index in [0.29, 0.717) is 33.6 Å². The van der Waals surface area contributed by atoms with Gasteiger partial charge in [0.15, 0.2) is 5.65 Å². The van der Waals surface area contributed by atoms with Gasteiger partial charge in [-0.05, 0) is 50.2 Å². The molecule has 2 aromatic heterocycles. The van der Waals surface area contributed by atoms with E-state index < -0.39 is 0 Å². The molecule has 0 unspecified atom stereocenters. The van der Waals surface area contributed by atoms with Crippen molar-refractivity contribution in [1.29, 1.82) is 0 Å². The molecule has 2 heterocycles. The van der Waals surface area contributed by atoms with E-state index in [9.17, 15) is 4.79 Å². The van der Waals surface area contributed by atoms with Crippen molar-refractivity contribution in [2.45, 2.75) is 18.9 Å². The minimum absolute atomic E-state index is 0.0925. The maximum absolute atomic E-state index is 12.8. The normalized spacial score (nSPS) is 13.7. The Labute approximate surface area is 208 Å². The van der Waals surface area contributed by atoms with E-state index >= 15 is 0 Å². The fourth-order valence-corrected chi connectivity index (χ4v) is 4.15. The lowest BCUT2D eigenvalue weighted by Crippen LogP contribution is -2.25. The number of halogens is 1. The van der Waals surface area contributed by atoms with Crippen LogP contribution >= 0.6 is 11.6 Å². The first-order chi connectivity index (χ1) is 16.9. The number of carbonyl (C=O) groups is 1. The van der Waals surface area contributed by atoms with Crippen molar-refractivity contribution < 1.29 is 4.79 Å². The van der Waals surface area contributed by atoms with Crippen LogP contribution in [0.25, 0.3) is 28.0 Å². The third kappa shape index (κ3) is 4.76. The number of benzene rings is 2. The van der Waals surface area contributed by atoms with Crippen LogP contribution in [0.2, 0.25) is 5.02 Å². The molecule has 178 valence electrons. The van der Waals surface area contributed by atoms with Gasteiger partial charge in [0.2, 0.25) is 5.91 Å². The van der Waals surface area contributed by atoms with Crippen LogP contribution in [0.5, 0.6) is 0 Å². The second-order valence-electron chi connectivity index (χ2n) is 8.72. The van der Waals surface area contributed by atoms with E-state index in [1.54, 1.807) is 34.8 Å². The average molecular weight is 488 g/mol. The van der Waals surface area contributed by atoms with Gasteiger partial charge in [0.25, 0.3) is 0 Å². The standard InChI is InChI=1S/C26H26ClN7O/c1-32(19-12-13-19)14-4-7-22(35)33(2)20-5-3-6-21(15-20)34-26-23(25(28)29-16-30-26)24(31-34)17-8-10-18(27)11-9-17/h3-11,15-16,19H,12-14H2,1-2H3,(H2,28,29,30)/b7-4+. The molecule has 0 spiro atoms. The molecule has 0 aliphatic heterocycles. The summed E-state index contributed by atoms with van der Waals surface area (Å²) in [7, 11) is 3.85. The molecular formula is C26H26ClN7O. The minimum atomic E-state index is -0.0925. The Morgan fingerprint density at radius 3 is 2.69 bits per heavy atom. The molecule has 8 nitrogen and oxygen atoms in total. The second kappa shape index (κ2) is 9.48. The van der Waals surface area contributed by atoms with Crippen LogP contribution in [0.1, 0.15) is 12.8 Å². The number of anilines is 2. The lowest BCUT2D eigenvalue weighted by Gasteiger charge is -2.17. The third-order valence-electron chi connectivity index (χ3n) is 6.23. The Balaban J connectivity index is 1.47. The molecule has 1 aliphatic carbocycles. The first-order valence-electron chi connectivity index (χ1n) is 11.4. The number of carbonyl (C=O) groups excluding carboxylic acids is 1. The highest BCUT2D eigenvalue weighted by Crippen LogP contribution is 2.32. The molecule has 1 aliphatic rings. The van der Waals surface area contributed by atoms with Crippen molar-refractivity contribution in [1.82, 2.24) is 24.6 Å². The topological polar surface area (TPSA) is 93.2 Å². The zero-order valence-corrected chi connectivity index (χ0v) is 20.4. The van der Waals surface area contributed by atoms with Crippen molar-refractivity contribution in [3.05, 3.63) is 72.0 Å². The summed E-state index contributed by atoms with van der Waals surface area (Å²) in [5, 5.41) is 6.12. The number of likely N-dealkylation sites (N-methyl/N-ethyl adjacent to an activating group) is 2. The Bertz CT molecular complexity index is 1410. The van der Waals surface area contributed by atoms with Crippen LogP contribution in [-0.4, -0.2) is 57.2 Å². The molecule has 5 rings (SSSR count). The van der Waals surface area contributed by atoms with Gasteiger partial charge in [0.1, 0.15) is 17.8 Å². The summed E-state index contributed by atoms with van der Waals surface area (Å²) in [4.78, 5) is 25.3. The highest BCUT2D eigenvalue weighted by Gasteiger charge is 2.25. The molecule has 35 heavy (non-hydrogen) atoms. The van der Waals surface area contributed by atoms with Gasteiger partial charge in [0, 0.05) is 42.0 Å². The second-order valence-corrected chi connectivity index (χ2v) is 9.15. The number of amides is 1. The van der Waals surface area contributed by atoms with Crippen molar-refractivity contribution in [2.75, 3.05) is 31.3 Å². The Kier molecular flexibility index (Phi) is 6.23. The summed E-state index contributed by atoms with van der Waals surface area (Å²) in [6.07, 6.45) is 7.44. The van der Waals surface area contributed by atoms with Crippen LogP contribution in [-0.2, 0) is 4.79 Å². The number of hydrogen-bond acceptors (Lipinski definition) is 6. The van der Waals surface area contributed by atoms with Crippen LogP contribution in [0, 0.1) is 0 Å². The van der Waals surface area contributed by atoms with Crippen LogP contribution in [0.3, 0.4) is 0 Å². The molecule has 1 amide bonds. The minimum Gasteiger partial charge on any atom is -0.383 e. The summed E-state index contributed by atoms with van der Waals surface area (Å²) in [5.74, 6) is 0.251. The molecule has 1 saturated carbocycles. The molecule has 0 radical (unpaired) electrons. The average Bonchev–Trinajstić information content (AvgIpc) is 3.65. The third-order valence-corrected chi connectivity index (χ3v) is 6.48. The lowest BCUT2D eigenvalue weighted by molar-refractivity contribution is -0.113. The first kappa shape index (κ1) is 23.0. The largest absolute Gasteiger partial charge is 0.383 e. The zero-order valence-electron chi connectivity index (χ0n) is 19.6. The summed E-state index contributed by atoms with van der Waals surface area (Å²) < 4.78 is 1.72. The van der Waals surface area contributed by atoms with E-state index in [0.717, 1.165) is 23.5 Å². The zero-order chi connectivity index (χ0) is 24.5. The predicted octanol–water partition coefficient (Wildman–Crippen LogP) is 4.33. The monoisotopic (exact) mass is 487 g/mol. The van der Waals surface area contributed by atoms with Gasteiger partial charge >= 0.3 is 0 Å². The Hall–Kier alpha value is -3.75. The quantitative estimate of drug-likeness (QED) is 0.390. The maximum atomic E-state index is 12.8. The molecule has 0 saturated heterocycles. The number of fused-ring (bicyclic) bond motifs is 1. The summed E-state index contributed by atoms with van der Waals surface area (Å²) >= 11 is 6.07. The van der Waals surface area contributed by atoms with Crippen LogP contribution < -0.4 is 10.6 Å². The van der Waals surface area contributed by atoms with Gasteiger partial charge in [-0.2, -0.15) is 5.10 Å². The van der Waals surface area contributed by atoms with Crippen molar-refractivity contribution in [2.24, 2.45) is 0 Å². The number of rotatable bonds is 7. The predicted molar refractivity (Wildman–Crippen MR) is 140 cm³/mol. The number of hydrogen-bond donors (Lipinski definition) is 1. The summed E-state index contributed by atoms with van der Waals surface area (Å²) in [6.45, 7) is 0.762. The molecule has 0 bridgehead atoms. The fraction of sp³-hybridized carbons (Fsp3) is 0.231. The van der Waals surface area contributed by atoms with E-state index in [2.05, 4.69) is 21.9 Å². The maximum Gasteiger partial charge on any atom is 0.250 e. The smallest absolute Gasteiger partial charge is 0.250 e.